The third-order valence-electron chi connectivity index (χ3n) is 4.68. The van der Waals surface area contributed by atoms with Crippen LogP contribution in [-0.4, -0.2) is 56.3 Å². The van der Waals surface area contributed by atoms with Crippen molar-refractivity contribution in [3.05, 3.63) is 24.3 Å². The van der Waals surface area contributed by atoms with E-state index < -0.39 is 21.2 Å². The monoisotopic (exact) mass is 382 g/mol. The van der Waals surface area contributed by atoms with E-state index in [2.05, 4.69) is 5.32 Å². The topological polar surface area (TPSA) is 92.8 Å². The fourth-order valence-electron chi connectivity index (χ4n) is 3.03. The molecule has 1 fully saturated rings. The zero-order valence-electron chi connectivity index (χ0n) is 15.6. The average Bonchev–Trinajstić information content (AvgIpc) is 2.95. The van der Waals surface area contributed by atoms with Crippen LogP contribution in [-0.2, 0) is 19.4 Å². The van der Waals surface area contributed by atoms with Gasteiger partial charge in [0.05, 0.1) is 18.6 Å². The molecule has 26 heavy (non-hydrogen) atoms. The number of carbonyl (C=O) groups is 2. The minimum absolute atomic E-state index is 0.0415. The number of anilines is 1. The van der Waals surface area contributed by atoms with Crippen LogP contribution in [0.3, 0.4) is 0 Å². The Hall–Kier alpha value is -2.09. The molecule has 1 N–H and O–H groups in total. The molecule has 0 spiro atoms. The molecule has 0 aromatic heterocycles. The molecule has 1 aromatic carbocycles. The molecule has 0 aliphatic carbocycles. The summed E-state index contributed by atoms with van der Waals surface area (Å²) >= 11 is 0. The molecule has 2 rings (SSSR count). The van der Waals surface area contributed by atoms with Gasteiger partial charge in [0.1, 0.15) is 11.2 Å². The number of hydrogen-bond acceptors (Lipinski definition) is 5. The van der Waals surface area contributed by atoms with Crippen molar-refractivity contribution in [2.45, 2.75) is 33.2 Å². The Bertz CT molecular complexity index is 789. The van der Waals surface area contributed by atoms with Crippen LogP contribution in [0.15, 0.2) is 24.3 Å². The van der Waals surface area contributed by atoms with Crippen LogP contribution in [0.25, 0.3) is 0 Å². The van der Waals surface area contributed by atoms with Gasteiger partial charge in [-0.25, -0.2) is 8.42 Å². The molecule has 8 heteroatoms. The molecular weight excluding hydrogens is 356 g/mol. The summed E-state index contributed by atoms with van der Waals surface area (Å²) in [5.74, 6) is -0.186. The van der Waals surface area contributed by atoms with E-state index in [1.54, 1.807) is 45.0 Å². The van der Waals surface area contributed by atoms with Crippen molar-refractivity contribution in [2.24, 2.45) is 5.41 Å². The predicted octanol–water partition coefficient (Wildman–Crippen LogP) is 1.70. The van der Waals surface area contributed by atoms with Gasteiger partial charge < -0.3 is 15.0 Å². The molecule has 1 unspecified atom stereocenters. The minimum Gasteiger partial charge on any atom is -0.497 e. The second-order valence-corrected chi connectivity index (χ2v) is 9.19. The first kappa shape index (κ1) is 20.2. The fraction of sp³-hybridized carbons (Fsp3) is 0.556. The highest BCUT2D eigenvalue weighted by molar-refractivity contribution is 7.91. The van der Waals surface area contributed by atoms with Crippen molar-refractivity contribution in [1.82, 2.24) is 4.90 Å². The maximum Gasteiger partial charge on any atom is 0.239 e. The summed E-state index contributed by atoms with van der Waals surface area (Å²) in [6, 6.07) is 6.50. The first-order chi connectivity index (χ1) is 12.1. The predicted molar refractivity (Wildman–Crippen MR) is 99.9 cm³/mol. The number of nitrogens with one attached hydrogen (secondary N) is 1. The first-order valence-corrected chi connectivity index (χ1v) is 10.4. The molecule has 2 amide bonds. The molecule has 144 valence electrons. The highest BCUT2D eigenvalue weighted by Crippen LogP contribution is 2.27. The van der Waals surface area contributed by atoms with Gasteiger partial charge in [-0.3, -0.25) is 9.59 Å². The van der Waals surface area contributed by atoms with Crippen molar-refractivity contribution in [1.29, 1.82) is 0 Å². The lowest BCUT2D eigenvalue weighted by Gasteiger charge is -2.34. The summed E-state index contributed by atoms with van der Waals surface area (Å²) in [6.45, 7) is 5.25. The van der Waals surface area contributed by atoms with E-state index in [1.807, 2.05) is 0 Å². The molecule has 7 nitrogen and oxygen atoms in total. The number of benzene rings is 1. The second-order valence-electron chi connectivity index (χ2n) is 6.96. The first-order valence-electron chi connectivity index (χ1n) is 8.57. The van der Waals surface area contributed by atoms with Crippen molar-refractivity contribution < 1.29 is 22.7 Å². The third kappa shape index (κ3) is 4.35. The molecule has 0 bridgehead atoms. The van der Waals surface area contributed by atoms with Gasteiger partial charge in [-0.2, -0.15) is 0 Å². The molecule has 1 atom stereocenters. The highest BCUT2D eigenvalue weighted by atomic mass is 32.2. The van der Waals surface area contributed by atoms with Crippen molar-refractivity contribution in [3.63, 3.8) is 0 Å². The quantitative estimate of drug-likeness (QED) is 0.756. The van der Waals surface area contributed by atoms with E-state index in [0.29, 0.717) is 24.4 Å². The van der Waals surface area contributed by atoms with Gasteiger partial charge in [0, 0.05) is 24.3 Å². The van der Waals surface area contributed by atoms with E-state index >= 15 is 0 Å². The Balaban J connectivity index is 2.15. The van der Waals surface area contributed by atoms with Crippen LogP contribution in [0.4, 0.5) is 5.69 Å². The largest absolute Gasteiger partial charge is 0.497 e. The minimum atomic E-state index is -3.11. The number of amides is 2. The molecule has 0 saturated carbocycles. The van der Waals surface area contributed by atoms with Gasteiger partial charge in [-0.05, 0) is 39.3 Å². The Labute approximate surface area is 154 Å². The van der Waals surface area contributed by atoms with Crippen LogP contribution in [0.2, 0.25) is 0 Å². The molecular formula is C18H26N2O5S. The molecule has 1 heterocycles. The zero-order valence-corrected chi connectivity index (χ0v) is 16.4. The number of hydrogen-bond donors (Lipinski definition) is 1. The molecule has 1 aromatic rings. The smallest absolute Gasteiger partial charge is 0.239 e. The maximum absolute atomic E-state index is 13.0. The van der Waals surface area contributed by atoms with Crippen LogP contribution < -0.4 is 10.1 Å². The lowest BCUT2D eigenvalue weighted by molar-refractivity contribution is -0.147. The summed E-state index contributed by atoms with van der Waals surface area (Å²) in [4.78, 5) is 27.2. The standard InChI is InChI=1S/C18H26N2O5S/c1-5-20(14-9-10-26(23,24)12-14)17(22)18(2,3)16(21)19-13-7-6-8-15(11-13)25-4/h6-8,11,14H,5,9-10,12H2,1-4H3,(H,19,21). The Morgan fingerprint density at radius 1 is 1.35 bits per heavy atom. The molecule has 0 radical (unpaired) electrons. The Morgan fingerprint density at radius 2 is 2.04 bits per heavy atom. The van der Waals surface area contributed by atoms with E-state index in [1.165, 1.54) is 12.0 Å². The Kier molecular flexibility index (Phi) is 5.95. The van der Waals surface area contributed by atoms with Gasteiger partial charge in [0.15, 0.2) is 9.84 Å². The summed E-state index contributed by atoms with van der Waals surface area (Å²) in [5, 5.41) is 2.74. The molecule has 1 aliphatic rings. The number of sulfone groups is 1. The van der Waals surface area contributed by atoms with Gasteiger partial charge in [-0.15, -0.1) is 0 Å². The normalized spacial score (nSPS) is 19.0. The SMILES string of the molecule is CCN(C(=O)C(C)(C)C(=O)Nc1cccc(OC)c1)C1CCS(=O)(=O)C1. The lowest BCUT2D eigenvalue weighted by atomic mass is 9.89. The van der Waals surface area contributed by atoms with Crippen LogP contribution in [0.1, 0.15) is 27.2 Å². The van der Waals surface area contributed by atoms with Gasteiger partial charge in [0.2, 0.25) is 11.8 Å². The molecule has 1 saturated heterocycles. The fourth-order valence-corrected chi connectivity index (χ4v) is 4.76. The average molecular weight is 382 g/mol. The number of carbonyl (C=O) groups excluding carboxylic acids is 2. The summed E-state index contributed by atoms with van der Waals surface area (Å²) < 4.78 is 28.6. The highest BCUT2D eigenvalue weighted by Gasteiger charge is 2.43. The van der Waals surface area contributed by atoms with E-state index in [4.69, 9.17) is 4.74 Å². The van der Waals surface area contributed by atoms with Gasteiger partial charge in [0.25, 0.3) is 0 Å². The number of rotatable bonds is 6. The van der Waals surface area contributed by atoms with E-state index in [9.17, 15) is 18.0 Å². The van der Waals surface area contributed by atoms with Crippen molar-refractivity contribution >= 4 is 27.3 Å². The zero-order chi connectivity index (χ0) is 19.5. The van der Waals surface area contributed by atoms with Crippen LogP contribution >= 0.6 is 0 Å². The summed E-state index contributed by atoms with van der Waals surface area (Å²) in [5.41, 5.74) is -0.799. The van der Waals surface area contributed by atoms with Crippen LogP contribution in [0.5, 0.6) is 5.75 Å². The summed E-state index contributed by atoms with van der Waals surface area (Å²) in [6.07, 6.45) is 0.412. The van der Waals surface area contributed by atoms with Gasteiger partial charge >= 0.3 is 0 Å². The molecule has 1 aliphatic heterocycles. The third-order valence-corrected chi connectivity index (χ3v) is 6.43. The number of methoxy groups -OCH3 is 1. The lowest BCUT2D eigenvalue weighted by Crippen LogP contribution is -2.51. The van der Waals surface area contributed by atoms with Crippen LogP contribution in [0, 0.1) is 5.41 Å². The maximum atomic E-state index is 13.0. The van der Waals surface area contributed by atoms with E-state index in [0.717, 1.165) is 0 Å². The Morgan fingerprint density at radius 3 is 2.58 bits per heavy atom. The van der Waals surface area contributed by atoms with Crippen molar-refractivity contribution in [3.8, 4) is 5.75 Å². The van der Waals surface area contributed by atoms with Crippen molar-refractivity contribution in [2.75, 3.05) is 30.5 Å². The number of nitrogens with zero attached hydrogens (tertiary/aromatic N) is 1. The summed E-state index contributed by atoms with van der Waals surface area (Å²) in [7, 11) is -1.58. The van der Waals surface area contributed by atoms with Gasteiger partial charge in [-0.1, -0.05) is 6.07 Å². The van der Waals surface area contributed by atoms with E-state index in [-0.39, 0.29) is 23.5 Å². The second kappa shape index (κ2) is 7.65. The number of ether oxygens (including phenoxy) is 1.